The highest BCUT2D eigenvalue weighted by Gasteiger charge is 2.12. The van der Waals surface area contributed by atoms with Crippen LogP contribution in [0.5, 0.6) is 0 Å². The van der Waals surface area contributed by atoms with Crippen molar-refractivity contribution < 1.29 is 13.9 Å². The Kier molecular flexibility index (Phi) is 4.40. The van der Waals surface area contributed by atoms with Gasteiger partial charge in [0, 0.05) is 6.42 Å². The van der Waals surface area contributed by atoms with E-state index in [-0.39, 0.29) is 6.42 Å². The van der Waals surface area contributed by atoms with E-state index in [0.29, 0.717) is 15.6 Å². The van der Waals surface area contributed by atoms with Gasteiger partial charge in [-0.3, -0.25) is 0 Å². The van der Waals surface area contributed by atoms with Crippen LogP contribution < -0.4 is 0 Å². The minimum atomic E-state index is -0.981. The van der Waals surface area contributed by atoms with Gasteiger partial charge in [-0.15, -0.1) is 0 Å². The summed E-state index contributed by atoms with van der Waals surface area (Å²) in [4.78, 5) is 0. The fourth-order valence-electron chi connectivity index (χ4n) is 1.73. The fourth-order valence-corrected chi connectivity index (χ4v) is 2.05. The lowest BCUT2D eigenvalue weighted by atomic mass is 10.0. The van der Waals surface area contributed by atoms with E-state index in [4.69, 9.17) is 23.2 Å². The first-order chi connectivity index (χ1) is 8.97. The molecule has 0 saturated carbocycles. The first kappa shape index (κ1) is 14.3. The van der Waals surface area contributed by atoms with Gasteiger partial charge in [0.15, 0.2) is 11.6 Å². The summed E-state index contributed by atoms with van der Waals surface area (Å²) in [5.41, 5.74) is 1.07. The van der Waals surface area contributed by atoms with Gasteiger partial charge in [-0.05, 0) is 35.4 Å². The summed E-state index contributed by atoms with van der Waals surface area (Å²) in [6.45, 7) is 0. The second-order valence-electron chi connectivity index (χ2n) is 4.14. The second kappa shape index (κ2) is 5.87. The van der Waals surface area contributed by atoms with Crippen molar-refractivity contribution in [2.75, 3.05) is 0 Å². The summed E-state index contributed by atoms with van der Waals surface area (Å²) in [6, 6.07) is 8.29. The van der Waals surface area contributed by atoms with Gasteiger partial charge in [0.2, 0.25) is 0 Å². The number of halogens is 4. The van der Waals surface area contributed by atoms with E-state index < -0.39 is 17.7 Å². The molecule has 0 aliphatic rings. The highest BCUT2D eigenvalue weighted by atomic mass is 35.5. The topological polar surface area (TPSA) is 20.2 Å². The van der Waals surface area contributed by atoms with Crippen molar-refractivity contribution >= 4 is 23.2 Å². The molecule has 0 aromatic heterocycles. The number of benzene rings is 2. The van der Waals surface area contributed by atoms with Gasteiger partial charge in [-0.1, -0.05) is 35.3 Å². The highest BCUT2D eigenvalue weighted by molar-refractivity contribution is 6.42. The van der Waals surface area contributed by atoms with Gasteiger partial charge >= 0.3 is 0 Å². The molecule has 1 nitrogen and oxygen atoms in total. The molecule has 0 fully saturated rings. The van der Waals surface area contributed by atoms with Crippen molar-refractivity contribution in [3.05, 3.63) is 69.2 Å². The van der Waals surface area contributed by atoms with Crippen LogP contribution in [0.2, 0.25) is 10.0 Å². The lowest BCUT2D eigenvalue weighted by Crippen LogP contribution is -2.03. The van der Waals surface area contributed by atoms with Crippen LogP contribution in [0.4, 0.5) is 8.78 Å². The van der Waals surface area contributed by atoms with Crippen LogP contribution >= 0.6 is 23.2 Å². The maximum Gasteiger partial charge on any atom is 0.159 e. The van der Waals surface area contributed by atoms with Gasteiger partial charge in [0.25, 0.3) is 0 Å². The van der Waals surface area contributed by atoms with Crippen molar-refractivity contribution in [3.8, 4) is 0 Å². The number of hydrogen-bond donors (Lipinski definition) is 1. The molecule has 19 heavy (non-hydrogen) atoms. The van der Waals surface area contributed by atoms with Crippen LogP contribution in [0.3, 0.4) is 0 Å². The molecule has 100 valence electrons. The molecular weight excluding hydrogens is 293 g/mol. The molecule has 0 saturated heterocycles. The standard InChI is InChI=1S/C14H10Cl2F2O/c15-10-3-1-8(5-11(10)16)6-14(19)9-2-4-12(17)13(18)7-9/h1-5,7,14,19H,6H2. The monoisotopic (exact) mass is 302 g/mol. The van der Waals surface area contributed by atoms with E-state index in [1.807, 2.05) is 0 Å². The normalized spacial score (nSPS) is 12.5. The van der Waals surface area contributed by atoms with Crippen LogP contribution in [-0.4, -0.2) is 5.11 Å². The first-order valence-corrected chi connectivity index (χ1v) is 6.30. The van der Waals surface area contributed by atoms with Crippen LogP contribution in [-0.2, 0) is 6.42 Å². The van der Waals surface area contributed by atoms with E-state index >= 15 is 0 Å². The van der Waals surface area contributed by atoms with Gasteiger partial charge in [0.05, 0.1) is 16.1 Å². The zero-order valence-electron chi connectivity index (χ0n) is 9.71. The van der Waals surface area contributed by atoms with E-state index in [0.717, 1.165) is 17.7 Å². The number of hydrogen-bond acceptors (Lipinski definition) is 1. The van der Waals surface area contributed by atoms with Gasteiger partial charge in [-0.2, -0.15) is 0 Å². The van der Waals surface area contributed by atoms with Crippen LogP contribution in [0.1, 0.15) is 17.2 Å². The first-order valence-electron chi connectivity index (χ1n) is 5.54. The third-order valence-corrected chi connectivity index (χ3v) is 3.48. The fraction of sp³-hybridized carbons (Fsp3) is 0.143. The number of rotatable bonds is 3. The largest absolute Gasteiger partial charge is 0.388 e. The van der Waals surface area contributed by atoms with Crippen molar-refractivity contribution in [1.29, 1.82) is 0 Å². The number of aliphatic hydroxyl groups is 1. The summed E-state index contributed by atoms with van der Waals surface area (Å²) in [6.07, 6.45) is -0.700. The Labute approximate surface area is 119 Å². The summed E-state index contributed by atoms with van der Waals surface area (Å²) in [5.74, 6) is -1.92. The van der Waals surface area contributed by atoms with Crippen LogP contribution in [0.15, 0.2) is 36.4 Å². The Balaban J connectivity index is 2.17. The summed E-state index contributed by atoms with van der Waals surface area (Å²) >= 11 is 11.7. The molecule has 0 aliphatic carbocycles. The van der Waals surface area contributed by atoms with E-state index in [2.05, 4.69) is 0 Å². The summed E-state index contributed by atoms with van der Waals surface area (Å²) in [7, 11) is 0. The minimum absolute atomic E-state index is 0.238. The molecule has 0 spiro atoms. The Hall–Kier alpha value is -1.16. The average Bonchev–Trinajstić information content (AvgIpc) is 2.37. The lowest BCUT2D eigenvalue weighted by Gasteiger charge is -2.12. The third kappa shape index (κ3) is 3.44. The Bertz CT molecular complexity index is 602. The maximum absolute atomic E-state index is 13.1. The van der Waals surface area contributed by atoms with Gasteiger partial charge in [0.1, 0.15) is 0 Å². The molecular formula is C14H10Cl2F2O. The van der Waals surface area contributed by atoms with Gasteiger partial charge in [-0.25, -0.2) is 8.78 Å². The van der Waals surface area contributed by atoms with Crippen LogP contribution in [0, 0.1) is 11.6 Å². The molecule has 0 bridgehead atoms. The molecule has 1 N–H and O–H groups in total. The Morgan fingerprint density at radius 3 is 2.32 bits per heavy atom. The third-order valence-electron chi connectivity index (χ3n) is 2.74. The van der Waals surface area contributed by atoms with Crippen molar-refractivity contribution in [1.82, 2.24) is 0 Å². The molecule has 5 heteroatoms. The number of aliphatic hydroxyl groups excluding tert-OH is 1. The average molecular weight is 303 g/mol. The van der Waals surface area contributed by atoms with E-state index in [1.165, 1.54) is 6.07 Å². The molecule has 1 unspecified atom stereocenters. The van der Waals surface area contributed by atoms with Crippen molar-refractivity contribution in [3.63, 3.8) is 0 Å². The molecule has 2 rings (SSSR count). The molecule has 0 radical (unpaired) electrons. The minimum Gasteiger partial charge on any atom is -0.388 e. The molecule has 0 heterocycles. The quantitative estimate of drug-likeness (QED) is 0.882. The molecule has 0 amide bonds. The molecule has 2 aromatic carbocycles. The summed E-state index contributed by atoms with van der Waals surface area (Å²) < 4.78 is 25.9. The van der Waals surface area contributed by atoms with E-state index in [9.17, 15) is 13.9 Å². The molecule has 0 aliphatic heterocycles. The van der Waals surface area contributed by atoms with E-state index in [1.54, 1.807) is 18.2 Å². The van der Waals surface area contributed by atoms with Crippen molar-refractivity contribution in [2.45, 2.75) is 12.5 Å². The summed E-state index contributed by atoms with van der Waals surface area (Å²) in [5, 5.41) is 10.8. The molecule has 2 aromatic rings. The lowest BCUT2D eigenvalue weighted by molar-refractivity contribution is 0.178. The maximum atomic E-state index is 13.1. The predicted molar refractivity (Wildman–Crippen MR) is 71.5 cm³/mol. The highest BCUT2D eigenvalue weighted by Crippen LogP contribution is 2.26. The predicted octanol–water partition coefficient (Wildman–Crippen LogP) is 4.55. The zero-order chi connectivity index (χ0) is 14.0. The Morgan fingerprint density at radius 2 is 1.68 bits per heavy atom. The van der Waals surface area contributed by atoms with Crippen molar-refractivity contribution in [2.24, 2.45) is 0 Å². The SMILES string of the molecule is OC(Cc1ccc(Cl)c(Cl)c1)c1ccc(F)c(F)c1. The zero-order valence-corrected chi connectivity index (χ0v) is 11.2. The van der Waals surface area contributed by atoms with Crippen LogP contribution in [0.25, 0.3) is 0 Å². The second-order valence-corrected chi connectivity index (χ2v) is 4.96. The van der Waals surface area contributed by atoms with Gasteiger partial charge < -0.3 is 5.11 Å². The smallest absolute Gasteiger partial charge is 0.159 e. The molecule has 1 atom stereocenters. The Morgan fingerprint density at radius 1 is 0.947 bits per heavy atom.